The highest BCUT2D eigenvalue weighted by molar-refractivity contribution is 6.60. The number of pyridine rings is 2. The van der Waals surface area contributed by atoms with Gasteiger partial charge in [0.1, 0.15) is 0 Å². The predicted octanol–water partition coefficient (Wildman–Crippen LogP) is 6.95. The normalized spacial score (nSPS) is 14.9. The molecule has 2 aliphatic rings. The minimum Gasteiger partial charge on any atom is -0.256 e. The molecule has 2 nitrogen and oxygen atoms in total. The lowest BCUT2D eigenvalue weighted by molar-refractivity contribution is 0.778. The van der Waals surface area contributed by atoms with E-state index in [2.05, 4.69) is 125 Å². The molecule has 173 valence electrons. The van der Waals surface area contributed by atoms with Gasteiger partial charge in [-0.25, -0.2) is 0 Å². The van der Waals surface area contributed by atoms with Crippen LogP contribution < -0.4 is 0 Å². The van der Waals surface area contributed by atoms with Crippen molar-refractivity contribution in [3.05, 3.63) is 161 Å². The predicted molar refractivity (Wildman–Crippen MR) is 154 cm³/mol. The molecule has 0 N–H and O–H groups in total. The first kappa shape index (κ1) is 21.8. The quantitative estimate of drug-likeness (QED) is 0.257. The van der Waals surface area contributed by atoms with Gasteiger partial charge in [0.05, 0.1) is 25.9 Å². The van der Waals surface area contributed by atoms with Crippen LogP contribution in [-0.4, -0.2) is 24.8 Å². The van der Waals surface area contributed by atoms with Crippen molar-refractivity contribution in [1.82, 2.24) is 9.97 Å². The Bertz CT molecular complexity index is 1630. The van der Waals surface area contributed by atoms with Crippen LogP contribution in [0.4, 0.5) is 0 Å². The monoisotopic (exact) mass is 487 g/mol. The molecule has 0 fully saturated rings. The van der Waals surface area contributed by atoms with Gasteiger partial charge >= 0.3 is 0 Å². The van der Waals surface area contributed by atoms with E-state index in [1.807, 2.05) is 24.5 Å². The topological polar surface area (TPSA) is 25.8 Å². The largest absolute Gasteiger partial charge is 0.256 e. The van der Waals surface area contributed by atoms with Crippen molar-refractivity contribution < 1.29 is 0 Å². The van der Waals surface area contributed by atoms with Crippen LogP contribution in [-0.2, 0) is 5.41 Å². The van der Waals surface area contributed by atoms with Gasteiger partial charge in [-0.2, -0.15) is 0 Å². The van der Waals surface area contributed by atoms with E-state index in [0.717, 1.165) is 22.5 Å². The van der Waals surface area contributed by atoms with Crippen molar-refractivity contribution in [2.75, 3.05) is 0 Å². The van der Waals surface area contributed by atoms with Crippen LogP contribution in [0.15, 0.2) is 139 Å². The number of nitrogens with zero attached hydrogens (tertiary/aromatic N) is 2. The van der Waals surface area contributed by atoms with E-state index in [-0.39, 0.29) is 0 Å². The highest BCUT2D eigenvalue weighted by Gasteiger charge is 2.46. The van der Waals surface area contributed by atoms with Gasteiger partial charge in [-0.3, -0.25) is 9.97 Å². The number of aromatic nitrogens is 2. The second kappa shape index (κ2) is 8.88. The van der Waals surface area contributed by atoms with Crippen LogP contribution in [0.3, 0.4) is 0 Å². The van der Waals surface area contributed by atoms with Crippen LogP contribution in [0.5, 0.6) is 0 Å². The smallest absolute Gasteiger partial charge is 0.0702 e. The molecule has 5 aromatic rings. The summed E-state index contributed by atoms with van der Waals surface area (Å²) in [5.74, 6) is 0. The molecule has 1 aliphatic heterocycles. The lowest BCUT2D eigenvalue weighted by Gasteiger charge is -2.35. The van der Waals surface area contributed by atoms with E-state index in [0.29, 0.717) is 9.13 Å². The second-order valence-corrected chi connectivity index (χ2v) is 10.5. The first-order valence-electron chi connectivity index (χ1n) is 12.5. The maximum absolute atomic E-state index is 4.66. The molecule has 0 saturated carbocycles. The molecule has 37 heavy (non-hydrogen) atoms. The maximum atomic E-state index is 4.66. The highest BCUT2D eigenvalue weighted by atomic mass is 28.2. The fourth-order valence-corrected chi connectivity index (χ4v) is 7.18. The minimum atomic E-state index is -0.402. The minimum absolute atomic E-state index is 0.402. The first-order chi connectivity index (χ1) is 18.4. The molecule has 2 aromatic heterocycles. The van der Waals surface area contributed by atoms with E-state index in [9.17, 15) is 0 Å². The summed E-state index contributed by atoms with van der Waals surface area (Å²) >= 11 is 0. The summed E-state index contributed by atoms with van der Waals surface area (Å²) in [6.45, 7) is 0. The third-order valence-electron chi connectivity index (χ3n) is 7.36. The van der Waals surface area contributed by atoms with Crippen LogP contribution >= 0.6 is 0 Å². The molecule has 0 atom stereocenters. The average Bonchev–Trinajstić information content (AvgIpc) is 3.30. The van der Waals surface area contributed by atoms with Gasteiger partial charge < -0.3 is 0 Å². The van der Waals surface area contributed by atoms with Crippen molar-refractivity contribution in [2.45, 2.75) is 5.41 Å². The number of rotatable bonds is 4. The molecule has 1 aliphatic carbocycles. The summed E-state index contributed by atoms with van der Waals surface area (Å²) in [4.78, 5) is 9.31. The fourth-order valence-electron chi connectivity index (χ4n) is 5.81. The SMILES string of the molecule is C1=CC2=C([Si]=C1)C(c1cccc(-c3ccccn3)c1)(c1cccc(-c3ccccn3)c1)c1ccccc12. The molecule has 0 amide bonds. The average molecular weight is 488 g/mol. The van der Waals surface area contributed by atoms with Crippen LogP contribution in [0.1, 0.15) is 22.3 Å². The molecule has 3 aromatic carbocycles. The standard InChI is InChI=1S/C34H23N2Si/c1-2-16-30-28(14-1)29-15-9-21-37-33(29)34(30,26-12-7-10-24(22-26)31-17-3-5-19-35-31)27-13-8-11-25(23-27)32-18-4-6-20-36-32/h1-23H. The summed E-state index contributed by atoms with van der Waals surface area (Å²) < 4.78 is 0. The Morgan fingerprint density at radius 1 is 0.595 bits per heavy atom. The molecule has 3 heteroatoms. The van der Waals surface area contributed by atoms with Gasteiger partial charge in [-0.15, -0.1) is 0 Å². The zero-order chi connectivity index (χ0) is 24.7. The Morgan fingerprint density at radius 3 is 1.84 bits per heavy atom. The first-order valence-corrected chi connectivity index (χ1v) is 13.6. The fraction of sp³-hybridized carbons (Fsp3) is 0.0294. The molecule has 0 unspecified atom stereocenters. The Hall–Kier alpha value is -4.47. The van der Waals surface area contributed by atoms with Crippen LogP contribution in [0, 0.1) is 0 Å². The van der Waals surface area contributed by atoms with E-state index in [4.69, 9.17) is 0 Å². The van der Waals surface area contributed by atoms with E-state index in [1.165, 1.54) is 33.0 Å². The van der Waals surface area contributed by atoms with Gasteiger partial charge in [-0.1, -0.05) is 90.6 Å². The highest BCUT2D eigenvalue weighted by Crippen LogP contribution is 2.55. The van der Waals surface area contributed by atoms with Crippen LogP contribution in [0.2, 0.25) is 0 Å². The van der Waals surface area contributed by atoms with Gasteiger partial charge in [0, 0.05) is 23.5 Å². The van der Waals surface area contributed by atoms with Gasteiger partial charge in [0.2, 0.25) is 0 Å². The van der Waals surface area contributed by atoms with Gasteiger partial charge in [-0.05, 0) is 69.4 Å². The molecule has 3 heterocycles. The van der Waals surface area contributed by atoms with Crippen molar-refractivity contribution in [1.29, 1.82) is 0 Å². The maximum Gasteiger partial charge on any atom is 0.0702 e. The molecular weight excluding hydrogens is 464 g/mol. The number of fused-ring (bicyclic) bond motifs is 2. The van der Waals surface area contributed by atoms with E-state index in [1.54, 1.807) is 0 Å². The lowest BCUT2D eigenvalue weighted by atomic mass is 9.70. The Labute approximate surface area is 219 Å². The number of hydrogen-bond donors (Lipinski definition) is 0. The zero-order valence-electron chi connectivity index (χ0n) is 20.2. The van der Waals surface area contributed by atoms with E-state index < -0.39 is 5.41 Å². The molecule has 7 rings (SSSR count). The van der Waals surface area contributed by atoms with Crippen LogP contribution in [0.25, 0.3) is 28.1 Å². The third-order valence-corrected chi connectivity index (χ3v) is 8.66. The van der Waals surface area contributed by atoms with Crippen molar-refractivity contribution in [2.24, 2.45) is 0 Å². The molecule has 1 radical (unpaired) electrons. The van der Waals surface area contributed by atoms with Crippen molar-refractivity contribution in [3.8, 4) is 22.5 Å². The molecule has 0 spiro atoms. The van der Waals surface area contributed by atoms with Crippen molar-refractivity contribution in [3.63, 3.8) is 0 Å². The molecule has 0 saturated heterocycles. The number of hydrogen-bond acceptors (Lipinski definition) is 2. The second-order valence-electron chi connectivity index (χ2n) is 9.35. The van der Waals surface area contributed by atoms with Gasteiger partial charge in [0.15, 0.2) is 0 Å². The summed E-state index contributed by atoms with van der Waals surface area (Å²) in [5, 5.41) is 1.45. The summed E-state index contributed by atoms with van der Waals surface area (Å²) in [5.41, 5.74) is 12.7. The Balaban J connectivity index is 1.55. The lowest BCUT2D eigenvalue weighted by Crippen LogP contribution is -2.31. The van der Waals surface area contributed by atoms with Crippen molar-refractivity contribution >= 4 is 20.4 Å². The molecular formula is C34H23N2Si. The zero-order valence-corrected chi connectivity index (χ0v) is 21.2. The Kier molecular flexibility index (Phi) is 5.23. The number of allylic oxidation sites excluding steroid dienone is 4. The van der Waals surface area contributed by atoms with E-state index >= 15 is 0 Å². The Morgan fingerprint density at radius 2 is 1.22 bits per heavy atom. The third kappa shape index (κ3) is 3.43. The summed E-state index contributed by atoms with van der Waals surface area (Å²) in [6.07, 6.45) is 8.22. The summed E-state index contributed by atoms with van der Waals surface area (Å²) in [7, 11) is 0.598. The molecule has 0 bridgehead atoms. The van der Waals surface area contributed by atoms with Gasteiger partial charge in [0.25, 0.3) is 0 Å². The number of benzene rings is 3. The summed E-state index contributed by atoms with van der Waals surface area (Å²) in [6, 6.07) is 39.0.